The average molecular weight is 667 g/mol. The van der Waals surface area contributed by atoms with E-state index >= 15 is 0 Å². The smallest absolute Gasteiger partial charge is 0.416 e. The molecule has 0 spiro atoms. The molecule has 0 aliphatic carbocycles. The first kappa shape index (κ1) is 34.5. The molecule has 0 aliphatic rings. The molecular weight excluding hydrogens is 644 g/mol. The van der Waals surface area contributed by atoms with Gasteiger partial charge in [-0.3, -0.25) is 0 Å². The first-order valence-corrected chi connectivity index (χ1v) is 13.0. The summed E-state index contributed by atoms with van der Waals surface area (Å²) in [5, 5.41) is 0. The van der Waals surface area contributed by atoms with E-state index in [0.29, 0.717) is 24.3 Å². The van der Waals surface area contributed by atoms with Crippen molar-refractivity contribution in [2.75, 3.05) is 14.2 Å². The third-order valence-electron chi connectivity index (χ3n) is 7.34. The van der Waals surface area contributed by atoms with Crippen molar-refractivity contribution in [1.29, 1.82) is 0 Å². The van der Waals surface area contributed by atoms with Crippen molar-refractivity contribution in [2.45, 2.75) is 38.6 Å². The van der Waals surface area contributed by atoms with Gasteiger partial charge >= 0.3 is 24.7 Å². The van der Waals surface area contributed by atoms with Crippen LogP contribution in [0.25, 0.3) is 33.4 Å². The third kappa shape index (κ3) is 6.75. The van der Waals surface area contributed by atoms with E-state index in [1.54, 1.807) is 0 Å². The van der Waals surface area contributed by atoms with E-state index in [9.17, 15) is 52.7 Å². The molecule has 0 fully saturated rings. The number of hydrogen-bond acceptors (Lipinski definition) is 2. The molecule has 0 radical (unpaired) electrons. The second-order valence-corrected chi connectivity index (χ2v) is 10.2. The lowest BCUT2D eigenvalue weighted by Gasteiger charge is -2.23. The molecule has 14 heteroatoms. The van der Waals surface area contributed by atoms with Crippen molar-refractivity contribution < 1.29 is 62.2 Å². The van der Waals surface area contributed by atoms with Crippen molar-refractivity contribution in [3.05, 3.63) is 94.0 Å². The first-order chi connectivity index (χ1) is 21.1. The molecule has 0 N–H and O–H groups in total. The van der Waals surface area contributed by atoms with Gasteiger partial charge in [-0.15, -0.1) is 0 Å². The fraction of sp³-hybridized carbons (Fsp3) is 0.250. The van der Waals surface area contributed by atoms with Crippen LogP contribution < -0.4 is 9.47 Å². The van der Waals surface area contributed by atoms with Gasteiger partial charge in [0.2, 0.25) is 0 Å². The van der Waals surface area contributed by atoms with Crippen LogP contribution in [0, 0.1) is 13.8 Å². The number of ether oxygens (including phenoxy) is 2. The lowest BCUT2D eigenvalue weighted by molar-refractivity contribution is -0.144. The molecule has 4 rings (SSSR count). The van der Waals surface area contributed by atoms with Crippen LogP contribution in [0.3, 0.4) is 0 Å². The summed E-state index contributed by atoms with van der Waals surface area (Å²) in [7, 11) is 2.44. The summed E-state index contributed by atoms with van der Waals surface area (Å²) < 4.78 is 174. The van der Waals surface area contributed by atoms with E-state index in [-0.39, 0.29) is 57.0 Å². The molecule has 46 heavy (non-hydrogen) atoms. The Bertz CT molecular complexity index is 1580. The maximum Gasteiger partial charge on any atom is 0.416 e. The predicted molar refractivity (Wildman–Crippen MR) is 145 cm³/mol. The molecule has 0 saturated heterocycles. The highest BCUT2D eigenvalue weighted by Crippen LogP contribution is 2.48. The molecule has 4 aromatic rings. The zero-order valence-electron chi connectivity index (χ0n) is 24.1. The van der Waals surface area contributed by atoms with Gasteiger partial charge in [0.1, 0.15) is 11.5 Å². The second kappa shape index (κ2) is 11.8. The molecule has 0 saturated carbocycles. The standard InChI is InChI=1S/C32H22F12O2/c1-15-23(17-9-19(29(33,34)35)13-20(10-17)30(36,37)38)5-7-25(45-3)27(15)28-16(2)24(6-8-26(28)46-4)18-11-21(31(39,40)41)14-22(12-18)32(42,43)44/h5-14H,1-4H3. The fourth-order valence-electron chi connectivity index (χ4n) is 5.18. The lowest BCUT2D eigenvalue weighted by atomic mass is 9.85. The number of methoxy groups -OCH3 is 2. The topological polar surface area (TPSA) is 18.5 Å². The Kier molecular flexibility index (Phi) is 8.83. The average Bonchev–Trinajstić information content (AvgIpc) is 2.94. The molecule has 246 valence electrons. The summed E-state index contributed by atoms with van der Waals surface area (Å²) in [5.74, 6) is 0.0886. The van der Waals surface area contributed by atoms with Gasteiger partial charge in [0.25, 0.3) is 0 Å². The highest BCUT2D eigenvalue weighted by atomic mass is 19.4. The zero-order valence-corrected chi connectivity index (χ0v) is 24.1. The number of benzene rings is 4. The molecular formula is C32H22F12O2. The van der Waals surface area contributed by atoms with E-state index in [4.69, 9.17) is 9.47 Å². The molecule has 0 atom stereocenters. The van der Waals surface area contributed by atoms with Crippen molar-refractivity contribution in [1.82, 2.24) is 0 Å². The Morgan fingerprint density at radius 2 is 0.674 bits per heavy atom. The minimum Gasteiger partial charge on any atom is -0.496 e. The van der Waals surface area contributed by atoms with Gasteiger partial charge in [-0.05, 0) is 95.8 Å². The molecule has 0 aromatic heterocycles. The number of rotatable bonds is 5. The molecule has 0 bridgehead atoms. The van der Waals surface area contributed by atoms with Crippen LogP contribution in [0.15, 0.2) is 60.7 Å². The highest BCUT2D eigenvalue weighted by Gasteiger charge is 2.39. The Balaban J connectivity index is 2.07. The number of alkyl halides is 12. The lowest BCUT2D eigenvalue weighted by Crippen LogP contribution is -2.11. The molecule has 0 amide bonds. The fourth-order valence-corrected chi connectivity index (χ4v) is 5.18. The third-order valence-corrected chi connectivity index (χ3v) is 7.34. The van der Waals surface area contributed by atoms with Gasteiger partial charge in [0.05, 0.1) is 36.5 Å². The van der Waals surface area contributed by atoms with Crippen molar-refractivity contribution in [2.24, 2.45) is 0 Å². The largest absolute Gasteiger partial charge is 0.496 e. The quantitative estimate of drug-likeness (QED) is 0.197. The molecule has 0 heterocycles. The van der Waals surface area contributed by atoms with Gasteiger partial charge in [-0.25, -0.2) is 0 Å². The van der Waals surface area contributed by atoms with Crippen LogP contribution in [0.1, 0.15) is 33.4 Å². The predicted octanol–water partition coefficient (Wildman–Crippen LogP) is 11.4. The van der Waals surface area contributed by atoms with Crippen LogP contribution in [0.2, 0.25) is 0 Å². The minimum absolute atomic E-state index is 0.0236. The van der Waals surface area contributed by atoms with E-state index in [1.165, 1.54) is 52.3 Å². The summed E-state index contributed by atoms with van der Waals surface area (Å²) in [6, 6.07) is 7.11. The van der Waals surface area contributed by atoms with Gasteiger partial charge in [-0.2, -0.15) is 52.7 Å². The van der Waals surface area contributed by atoms with Crippen LogP contribution in [-0.2, 0) is 24.7 Å². The number of hydrogen-bond donors (Lipinski definition) is 0. The normalized spacial score (nSPS) is 12.8. The number of halogens is 12. The zero-order chi connectivity index (χ0) is 34.6. The Morgan fingerprint density at radius 1 is 0.413 bits per heavy atom. The van der Waals surface area contributed by atoms with Gasteiger partial charge in [0, 0.05) is 11.1 Å². The van der Waals surface area contributed by atoms with Gasteiger partial charge < -0.3 is 9.47 Å². The molecule has 2 nitrogen and oxygen atoms in total. The first-order valence-electron chi connectivity index (χ1n) is 13.0. The summed E-state index contributed by atoms with van der Waals surface area (Å²) >= 11 is 0. The second-order valence-electron chi connectivity index (χ2n) is 10.2. The Labute approximate surface area is 254 Å². The Hall–Kier alpha value is -4.36. The monoisotopic (exact) mass is 666 g/mol. The van der Waals surface area contributed by atoms with Crippen LogP contribution in [0.5, 0.6) is 11.5 Å². The van der Waals surface area contributed by atoms with Gasteiger partial charge in [0.15, 0.2) is 0 Å². The summed E-state index contributed by atoms with van der Waals surface area (Å²) in [6.45, 7) is 2.75. The molecule has 4 aromatic carbocycles. The van der Waals surface area contributed by atoms with Crippen LogP contribution >= 0.6 is 0 Å². The minimum atomic E-state index is -5.13. The summed E-state index contributed by atoms with van der Waals surface area (Å²) in [4.78, 5) is 0. The maximum atomic E-state index is 13.6. The van der Waals surface area contributed by atoms with Crippen molar-refractivity contribution in [3.63, 3.8) is 0 Å². The van der Waals surface area contributed by atoms with E-state index < -0.39 is 58.1 Å². The Morgan fingerprint density at radius 3 is 0.891 bits per heavy atom. The highest BCUT2D eigenvalue weighted by molar-refractivity contribution is 5.90. The summed E-state index contributed by atoms with van der Waals surface area (Å²) in [6.07, 6.45) is -20.5. The maximum absolute atomic E-state index is 13.6. The molecule has 0 aliphatic heterocycles. The molecule has 0 unspecified atom stereocenters. The summed E-state index contributed by atoms with van der Waals surface area (Å²) in [5.41, 5.74) is -7.00. The van der Waals surface area contributed by atoms with E-state index in [0.717, 1.165) is 0 Å². The SMILES string of the molecule is COc1ccc(-c2cc(C(F)(F)F)cc(C(F)(F)F)c2)c(C)c1-c1c(OC)ccc(-c2cc(C(F)(F)F)cc(C(F)(F)F)c2)c1C. The van der Waals surface area contributed by atoms with Gasteiger partial charge in [-0.1, -0.05) is 12.1 Å². The van der Waals surface area contributed by atoms with Crippen LogP contribution in [0.4, 0.5) is 52.7 Å². The van der Waals surface area contributed by atoms with E-state index in [2.05, 4.69) is 0 Å². The van der Waals surface area contributed by atoms with E-state index in [1.807, 2.05) is 0 Å². The van der Waals surface area contributed by atoms with Crippen LogP contribution in [-0.4, -0.2) is 14.2 Å². The van der Waals surface area contributed by atoms with Crippen molar-refractivity contribution >= 4 is 0 Å². The van der Waals surface area contributed by atoms with Crippen molar-refractivity contribution in [3.8, 4) is 44.9 Å².